The number of pyridine rings is 1. The summed E-state index contributed by atoms with van der Waals surface area (Å²) in [5, 5.41) is 9.71. The van der Waals surface area contributed by atoms with Gasteiger partial charge in [-0.2, -0.15) is 0 Å². The molecular weight excluding hydrogens is 384 g/mol. The second kappa shape index (κ2) is 8.08. The number of carbonyl (C=O) groups is 2. The van der Waals surface area contributed by atoms with E-state index in [1.807, 2.05) is 12.1 Å². The zero-order valence-corrected chi connectivity index (χ0v) is 15.9. The van der Waals surface area contributed by atoms with Gasteiger partial charge in [0.15, 0.2) is 6.73 Å². The SMILES string of the molecule is O=C(O)c1ccc(Cc2cc3cc(C(=O)OCn4cccc4)ccc3[nH]c2=O)cc1. The number of nitrogens with zero attached hydrogens (tertiary/aromatic N) is 1. The number of hydrogen-bond donors (Lipinski definition) is 2. The van der Waals surface area contributed by atoms with Crippen LogP contribution in [0.1, 0.15) is 31.8 Å². The summed E-state index contributed by atoms with van der Waals surface area (Å²) in [4.78, 5) is 38.6. The molecule has 4 aromatic rings. The van der Waals surface area contributed by atoms with E-state index in [0.717, 1.165) is 5.56 Å². The van der Waals surface area contributed by atoms with E-state index < -0.39 is 11.9 Å². The fourth-order valence-electron chi connectivity index (χ4n) is 3.17. The van der Waals surface area contributed by atoms with Gasteiger partial charge in [0.05, 0.1) is 11.1 Å². The second-order valence-corrected chi connectivity index (χ2v) is 6.86. The fraction of sp³-hybridized carbons (Fsp3) is 0.0870. The molecule has 7 heteroatoms. The number of aromatic carboxylic acids is 1. The van der Waals surface area contributed by atoms with E-state index in [2.05, 4.69) is 4.98 Å². The molecule has 0 fully saturated rings. The van der Waals surface area contributed by atoms with Crippen molar-refractivity contribution < 1.29 is 19.4 Å². The Morgan fingerprint density at radius 1 is 0.967 bits per heavy atom. The minimum absolute atomic E-state index is 0.118. The van der Waals surface area contributed by atoms with E-state index in [9.17, 15) is 14.4 Å². The van der Waals surface area contributed by atoms with Crippen molar-refractivity contribution in [3.63, 3.8) is 0 Å². The van der Waals surface area contributed by atoms with Crippen LogP contribution in [0, 0.1) is 0 Å². The Kier molecular flexibility index (Phi) is 5.17. The Bertz CT molecular complexity index is 1270. The lowest BCUT2D eigenvalue weighted by atomic mass is 10.0. The average molecular weight is 402 g/mol. The summed E-state index contributed by atoms with van der Waals surface area (Å²) in [7, 11) is 0. The Morgan fingerprint density at radius 2 is 1.67 bits per heavy atom. The Morgan fingerprint density at radius 3 is 2.37 bits per heavy atom. The standard InChI is InChI=1S/C23H18N2O5/c26-21-19(11-15-3-5-16(6-4-15)22(27)28)13-18-12-17(7-8-20(18)24-21)23(29)30-14-25-9-1-2-10-25/h1-10,12-13H,11,14H2,(H,24,26)(H,27,28). The number of hydrogen-bond acceptors (Lipinski definition) is 4. The Labute approximate surface area is 171 Å². The van der Waals surface area contributed by atoms with E-state index in [-0.39, 0.29) is 17.9 Å². The number of aromatic nitrogens is 2. The van der Waals surface area contributed by atoms with Crippen LogP contribution >= 0.6 is 0 Å². The zero-order valence-electron chi connectivity index (χ0n) is 15.9. The van der Waals surface area contributed by atoms with Crippen LogP contribution in [0.15, 0.2) is 77.9 Å². The summed E-state index contributed by atoms with van der Waals surface area (Å²) in [5.41, 5.74) is 2.29. The normalized spacial score (nSPS) is 10.8. The highest BCUT2D eigenvalue weighted by Crippen LogP contribution is 2.17. The topological polar surface area (TPSA) is 101 Å². The van der Waals surface area contributed by atoms with Crippen molar-refractivity contribution in [2.24, 2.45) is 0 Å². The Balaban J connectivity index is 1.57. The molecule has 0 saturated carbocycles. The zero-order chi connectivity index (χ0) is 21.1. The maximum atomic E-state index is 12.4. The summed E-state index contributed by atoms with van der Waals surface area (Å²) in [6, 6.07) is 16.8. The van der Waals surface area contributed by atoms with Gasteiger partial charge in [0.2, 0.25) is 0 Å². The molecule has 0 bridgehead atoms. The monoisotopic (exact) mass is 402 g/mol. The van der Waals surface area contributed by atoms with Gasteiger partial charge in [-0.25, -0.2) is 9.59 Å². The third kappa shape index (κ3) is 4.15. The molecule has 0 aliphatic rings. The summed E-state index contributed by atoms with van der Waals surface area (Å²) in [5.74, 6) is -1.45. The molecule has 0 aliphatic carbocycles. The van der Waals surface area contributed by atoms with Gasteiger partial charge < -0.3 is 19.4 Å². The number of esters is 1. The molecule has 0 saturated heterocycles. The molecule has 7 nitrogen and oxygen atoms in total. The summed E-state index contributed by atoms with van der Waals surface area (Å²) >= 11 is 0. The average Bonchev–Trinajstić information content (AvgIpc) is 3.26. The van der Waals surface area contributed by atoms with E-state index in [0.29, 0.717) is 28.5 Å². The number of carbonyl (C=O) groups excluding carboxylic acids is 1. The lowest BCUT2D eigenvalue weighted by Crippen LogP contribution is -2.13. The van der Waals surface area contributed by atoms with Gasteiger partial charge in [-0.3, -0.25) is 4.79 Å². The number of carboxylic acids is 1. The lowest BCUT2D eigenvalue weighted by molar-refractivity contribution is 0.0372. The molecule has 0 spiro atoms. The second-order valence-electron chi connectivity index (χ2n) is 6.86. The first-order valence-electron chi connectivity index (χ1n) is 9.26. The van der Waals surface area contributed by atoms with Crippen LogP contribution in [-0.2, 0) is 17.9 Å². The van der Waals surface area contributed by atoms with Crippen LogP contribution in [0.3, 0.4) is 0 Å². The molecule has 2 heterocycles. The van der Waals surface area contributed by atoms with Crippen molar-refractivity contribution in [3.8, 4) is 0 Å². The first-order valence-corrected chi connectivity index (χ1v) is 9.26. The van der Waals surface area contributed by atoms with Crippen LogP contribution in [0.2, 0.25) is 0 Å². The van der Waals surface area contributed by atoms with Gasteiger partial charge in [0, 0.05) is 29.9 Å². The molecule has 0 radical (unpaired) electrons. The molecular formula is C23H18N2O5. The van der Waals surface area contributed by atoms with E-state index >= 15 is 0 Å². The highest BCUT2D eigenvalue weighted by atomic mass is 16.5. The molecule has 0 atom stereocenters. The van der Waals surface area contributed by atoms with Crippen LogP contribution in [0.5, 0.6) is 0 Å². The van der Waals surface area contributed by atoms with Gasteiger partial charge in [-0.1, -0.05) is 12.1 Å². The molecule has 150 valence electrons. The minimum Gasteiger partial charge on any atom is -0.478 e. The summed E-state index contributed by atoms with van der Waals surface area (Å²) < 4.78 is 7.05. The van der Waals surface area contributed by atoms with Gasteiger partial charge in [0.25, 0.3) is 5.56 Å². The molecule has 0 unspecified atom stereocenters. The highest BCUT2D eigenvalue weighted by Gasteiger charge is 2.11. The molecule has 2 N–H and O–H groups in total. The number of aromatic amines is 1. The van der Waals surface area contributed by atoms with Crippen molar-refractivity contribution in [1.29, 1.82) is 0 Å². The maximum absolute atomic E-state index is 12.4. The summed E-state index contributed by atoms with van der Waals surface area (Å²) in [6.07, 6.45) is 3.94. The number of H-pyrrole nitrogens is 1. The number of ether oxygens (including phenoxy) is 1. The van der Waals surface area contributed by atoms with E-state index in [1.165, 1.54) is 12.1 Å². The molecule has 2 aromatic carbocycles. The predicted molar refractivity (Wildman–Crippen MR) is 111 cm³/mol. The highest BCUT2D eigenvalue weighted by molar-refractivity contribution is 5.94. The third-order valence-corrected chi connectivity index (χ3v) is 4.76. The van der Waals surface area contributed by atoms with Crippen LogP contribution in [0.25, 0.3) is 10.9 Å². The van der Waals surface area contributed by atoms with Crippen LogP contribution in [0.4, 0.5) is 0 Å². The Hall–Kier alpha value is -4.13. The van der Waals surface area contributed by atoms with Gasteiger partial charge in [-0.15, -0.1) is 0 Å². The number of carboxylic acid groups (broad SMARTS) is 1. The molecule has 0 amide bonds. The number of benzene rings is 2. The van der Waals surface area contributed by atoms with Gasteiger partial charge in [-0.05, 0) is 59.5 Å². The smallest absolute Gasteiger partial charge is 0.339 e. The van der Waals surface area contributed by atoms with Gasteiger partial charge in [0.1, 0.15) is 0 Å². The van der Waals surface area contributed by atoms with Crippen molar-refractivity contribution in [2.45, 2.75) is 13.2 Å². The van der Waals surface area contributed by atoms with E-state index in [4.69, 9.17) is 9.84 Å². The molecule has 0 aliphatic heterocycles. The maximum Gasteiger partial charge on any atom is 0.339 e. The largest absolute Gasteiger partial charge is 0.478 e. The van der Waals surface area contributed by atoms with Crippen molar-refractivity contribution >= 4 is 22.8 Å². The quantitative estimate of drug-likeness (QED) is 0.481. The first kappa shape index (κ1) is 19.2. The fourth-order valence-corrected chi connectivity index (χ4v) is 3.17. The van der Waals surface area contributed by atoms with Crippen molar-refractivity contribution in [3.05, 3.63) is 106 Å². The molecule has 4 rings (SSSR count). The molecule has 2 aromatic heterocycles. The van der Waals surface area contributed by atoms with Crippen molar-refractivity contribution in [1.82, 2.24) is 9.55 Å². The van der Waals surface area contributed by atoms with E-state index in [1.54, 1.807) is 53.4 Å². The molecule has 30 heavy (non-hydrogen) atoms. The first-order chi connectivity index (χ1) is 14.5. The number of fused-ring (bicyclic) bond motifs is 1. The predicted octanol–water partition coefficient (Wildman–Crippen LogP) is 3.43. The minimum atomic E-state index is -0.999. The van der Waals surface area contributed by atoms with Crippen LogP contribution < -0.4 is 5.56 Å². The third-order valence-electron chi connectivity index (χ3n) is 4.76. The number of rotatable bonds is 6. The number of nitrogens with one attached hydrogen (secondary N) is 1. The van der Waals surface area contributed by atoms with Gasteiger partial charge >= 0.3 is 11.9 Å². The van der Waals surface area contributed by atoms with Crippen LogP contribution in [-0.4, -0.2) is 26.6 Å². The van der Waals surface area contributed by atoms with Crippen molar-refractivity contribution in [2.75, 3.05) is 0 Å². The summed E-state index contributed by atoms with van der Waals surface area (Å²) in [6.45, 7) is 0.118. The lowest BCUT2D eigenvalue weighted by Gasteiger charge is -2.08.